The van der Waals surface area contributed by atoms with Gasteiger partial charge in [0.25, 0.3) is 0 Å². The van der Waals surface area contributed by atoms with E-state index in [1.807, 2.05) is 18.2 Å². The number of para-hydroxylation sites is 1. The van der Waals surface area contributed by atoms with Gasteiger partial charge in [0.15, 0.2) is 0 Å². The Morgan fingerprint density at radius 3 is 2.76 bits per heavy atom. The van der Waals surface area contributed by atoms with Crippen LogP contribution in [0.4, 0.5) is 5.69 Å². The minimum absolute atomic E-state index is 0.0290. The van der Waals surface area contributed by atoms with Crippen molar-refractivity contribution in [2.75, 3.05) is 11.4 Å². The van der Waals surface area contributed by atoms with Crippen LogP contribution in [0.25, 0.3) is 6.08 Å². The number of fused-ring (bicyclic) bond motifs is 2. The van der Waals surface area contributed by atoms with Crippen molar-refractivity contribution in [2.24, 2.45) is 0 Å². The first-order chi connectivity index (χ1) is 10.3. The van der Waals surface area contributed by atoms with E-state index in [9.17, 15) is 5.11 Å². The molecule has 2 heteroatoms. The number of hydrogen-bond donors (Lipinski definition) is 1. The number of anilines is 1. The Labute approximate surface area is 125 Å². The van der Waals surface area contributed by atoms with Gasteiger partial charge >= 0.3 is 0 Å². The van der Waals surface area contributed by atoms with Crippen molar-refractivity contribution in [2.45, 2.75) is 25.0 Å². The van der Waals surface area contributed by atoms with E-state index < -0.39 is 6.10 Å². The summed E-state index contributed by atoms with van der Waals surface area (Å²) in [6, 6.07) is 16.7. The molecule has 2 atom stereocenters. The number of aryl methyl sites for hydroxylation is 1. The van der Waals surface area contributed by atoms with E-state index in [1.54, 1.807) is 0 Å². The van der Waals surface area contributed by atoms with Crippen LogP contribution in [-0.4, -0.2) is 17.7 Å². The molecule has 2 aromatic rings. The standard InChI is InChI=1S/C19H19NO/c21-19-16-9-3-1-6-14(16)11-12-18(19)20-13-5-8-15-7-2-4-10-17(15)20/h1-4,6-7,9-12,18-19,21H,5,8,13H2/t18-,19-/m0/s1. The summed E-state index contributed by atoms with van der Waals surface area (Å²) in [5.74, 6) is 0. The van der Waals surface area contributed by atoms with Gasteiger partial charge in [0.1, 0.15) is 6.10 Å². The first-order valence-electron chi connectivity index (χ1n) is 7.64. The summed E-state index contributed by atoms with van der Waals surface area (Å²) in [6.45, 7) is 1.01. The van der Waals surface area contributed by atoms with Crippen LogP contribution < -0.4 is 4.90 Å². The van der Waals surface area contributed by atoms with Gasteiger partial charge in [-0.2, -0.15) is 0 Å². The lowest BCUT2D eigenvalue weighted by Crippen LogP contribution is -2.42. The Bertz CT molecular complexity index is 691. The summed E-state index contributed by atoms with van der Waals surface area (Å²) in [6.07, 6.45) is 6.11. The molecule has 0 saturated carbocycles. The topological polar surface area (TPSA) is 23.5 Å². The first-order valence-corrected chi connectivity index (χ1v) is 7.64. The van der Waals surface area contributed by atoms with Gasteiger partial charge in [0.2, 0.25) is 0 Å². The zero-order valence-corrected chi connectivity index (χ0v) is 11.9. The largest absolute Gasteiger partial charge is 0.386 e. The van der Waals surface area contributed by atoms with Gasteiger partial charge in [-0.1, -0.05) is 54.6 Å². The highest BCUT2D eigenvalue weighted by Crippen LogP contribution is 2.36. The molecule has 0 bridgehead atoms. The first kappa shape index (κ1) is 12.7. The molecule has 0 fully saturated rings. The maximum atomic E-state index is 10.8. The number of aliphatic hydroxyl groups excluding tert-OH is 1. The second-order valence-electron chi connectivity index (χ2n) is 5.85. The third kappa shape index (κ3) is 2.07. The highest BCUT2D eigenvalue weighted by molar-refractivity contribution is 5.63. The molecule has 0 radical (unpaired) electrons. The molecule has 1 heterocycles. The summed E-state index contributed by atoms with van der Waals surface area (Å²) < 4.78 is 0. The smallest absolute Gasteiger partial charge is 0.103 e. The van der Waals surface area contributed by atoms with E-state index in [4.69, 9.17) is 0 Å². The fourth-order valence-electron chi connectivity index (χ4n) is 3.57. The van der Waals surface area contributed by atoms with Crippen molar-refractivity contribution in [3.63, 3.8) is 0 Å². The highest BCUT2D eigenvalue weighted by atomic mass is 16.3. The highest BCUT2D eigenvalue weighted by Gasteiger charge is 2.31. The number of nitrogens with zero attached hydrogens (tertiary/aromatic N) is 1. The molecule has 0 aromatic heterocycles. The molecule has 2 aromatic carbocycles. The maximum absolute atomic E-state index is 10.8. The number of aliphatic hydroxyl groups is 1. The van der Waals surface area contributed by atoms with Gasteiger partial charge in [-0.05, 0) is 35.6 Å². The molecule has 106 valence electrons. The summed E-state index contributed by atoms with van der Waals surface area (Å²) in [5, 5.41) is 10.8. The van der Waals surface area contributed by atoms with E-state index in [1.165, 1.54) is 11.3 Å². The lowest BCUT2D eigenvalue weighted by molar-refractivity contribution is 0.156. The molecule has 1 N–H and O–H groups in total. The Morgan fingerprint density at radius 2 is 1.81 bits per heavy atom. The van der Waals surface area contributed by atoms with Gasteiger partial charge < -0.3 is 10.0 Å². The van der Waals surface area contributed by atoms with Gasteiger partial charge in [-0.15, -0.1) is 0 Å². The van der Waals surface area contributed by atoms with E-state index in [-0.39, 0.29) is 6.04 Å². The van der Waals surface area contributed by atoms with Crippen LogP contribution in [0.5, 0.6) is 0 Å². The molecule has 21 heavy (non-hydrogen) atoms. The molecule has 1 aliphatic heterocycles. The van der Waals surface area contributed by atoms with Crippen LogP contribution in [0.2, 0.25) is 0 Å². The Morgan fingerprint density at radius 1 is 1.00 bits per heavy atom. The quantitative estimate of drug-likeness (QED) is 0.861. The summed E-state index contributed by atoms with van der Waals surface area (Å²) >= 11 is 0. The average molecular weight is 277 g/mol. The minimum Gasteiger partial charge on any atom is -0.386 e. The van der Waals surface area contributed by atoms with Crippen LogP contribution in [0.3, 0.4) is 0 Å². The van der Waals surface area contributed by atoms with Crippen molar-refractivity contribution in [3.05, 3.63) is 71.3 Å². The maximum Gasteiger partial charge on any atom is 0.103 e. The number of rotatable bonds is 1. The van der Waals surface area contributed by atoms with Crippen molar-refractivity contribution in [1.29, 1.82) is 0 Å². The second kappa shape index (κ2) is 5.05. The van der Waals surface area contributed by atoms with Gasteiger partial charge in [-0.3, -0.25) is 0 Å². The van der Waals surface area contributed by atoms with Crippen LogP contribution >= 0.6 is 0 Å². The van der Waals surface area contributed by atoms with Crippen LogP contribution in [0.15, 0.2) is 54.6 Å². The fourth-order valence-corrected chi connectivity index (χ4v) is 3.57. The SMILES string of the molecule is O[C@H]1c2ccccc2C=C[C@@H]1N1CCCc2ccccc21. The Kier molecular flexibility index (Phi) is 3.04. The number of benzene rings is 2. The molecule has 4 rings (SSSR count). The van der Waals surface area contributed by atoms with E-state index in [2.05, 4.69) is 47.4 Å². The predicted octanol–water partition coefficient (Wildman–Crippen LogP) is 3.57. The molecule has 0 spiro atoms. The van der Waals surface area contributed by atoms with Gasteiger partial charge in [-0.25, -0.2) is 0 Å². The predicted molar refractivity (Wildman–Crippen MR) is 86.3 cm³/mol. The molecular weight excluding hydrogens is 258 g/mol. The summed E-state index contributed by atoms with van der Waals surface area (Å²) in [7, 11) is 0. The fraction of sp³-hybridized carbons (Fsp3) is 0.263. The zero-order valence-electron chi connectivity index (χ0n) is 11.9. The van der Waals surface area contributed by atoms with E-state index in [0.717, 1.165) is 30.5 Å². The molecule has 0 amide bonds. The van der Waals surface area contributed by atoms with Crippen LogP contribution in [0, 0.1) is 0 Å². The van der Waals surface area contributed by atoms with Crippen molar-refractivity contribution in [1.82, 2.24) is 0 Å². The molecule has 2 aliphatic rings. The lowest BCUT2D eigenvalue weighted by atomic mass is 9.89. The molecule has 0 saturated heterocycles. The van der Waals surface area contributed by atoms with Crippen molar-refractivity contribution < 1.29 is 5.11 Å². The third-order valence-electron chi connectivity index (χ3n) is 4.62. The molecule has 1 aliphatic carbocycles. The van der Waals surface area contributed by atoms with Gasteiger partial charge in [0.05, 0.1) is 6.04 Å². The number of hydrogen-bond acceptors (Lipinski definition) is 2. The minimum atomic E-state index is -0.461. The third-order valence-corrected chi connectivity index (χ3v) is 4.62. The van der Waals surface area contributed by atoms with Crippen molar-refractivity contribution in [3.8, 4) is 0 Å². The lowest BCUT2D eigenvalue weighted by Gasteiger charge is -2.40. The summed E-state index contributed by atoms with van der Waals surface area (Å²) in [5.41, 5.74) is 4.83. The Balaban J connectivity index is 1.73. The summed E-state index contributed by atoms with van der Waals surface area (Å²) in [4.78, 5) is 2.36. The van der Waals surface area contributed by atoms with Gasteiger partial charge in [0, 0.05) is 12.2 Å². The average Bonchev–Trinajstić information content (AvgIpc) is 2.55. The molecular formula is C19H19NO. The van der Waals surface area contributed by atoms with Crippen LogP contribution in [-0.2, 0) is 6.42 Å². The van der Waals surface area contributed by atoms with E-state index in [0.29, 0.717) is 0 Å². The van der Waals surface area contributed by atoms with E-state index >= 15 is 0 Å². The molecule has 0 unspecified atom stereocenters. The zero-order chi connectivity index (χ0) is 14.2. The second-order valence-corrected chi connectivity index (χ2v) is 5.85. The van der Waals surface area contributed by atoms with Crippen LogP contribution in [0.1, 0.15) is 29.2 Å². The Hall–Kier alpha value is -2.06. The van der Waals surface area contributed by atoms with Crippen molar-refractivity contribution >= 4 is 11.8 Å². The molecule has 2 nitrogen and oxygen atoms in total. The normalized spacial score (nSPS) is 23.6. The monoisotopic (exact) mass is 277 g/mol.